The average molecular weight is 191 g/mol. The third-order valence-electron chi connectivity index (χ3n) is 1.48. The summed E-state index contributed by atoms with van der Waals surface area (Å²) in [5, 5.41) is 2.97. The molecule has 0 bridgehead atoms. The zero-order valence-electron chi connectivity index (χ0n) is 7.43. The Bertz CT molecular complexity index is 180. The Kier molecular flexibility index (Phi) is 4.93. The summed E-state index contributed by atoms with van der Waals surface area (Å²) in [6, 6.07) is -0.471. The first-order valence-electron chi connectivity index (χ1n) is 3.81. The van der Waals surface area contributed by atoms with E-state index in [1.165, 1.54) is 0 Å². The van der Waals surface area contributed by atoms with Crippen molar-refractivity contribution in [2.45, 2.75) is 19.9 Å². The predicted octanol–water partition coefficient (Wildman–Crippen LogP) is 0.838. The van der Waals surface area contributed by atoms with Gasteiger partial charge in [-0.2, -0.15) is 0 Å². The smallest absolute Gasteiger partial charge is 0.237 e. The van der Waals surface area contributed by atoms with Crippen LogP contribution in [0, 0.1) is 5.92 Å². The van der Waals surface area contributed by atoms with Gasteiger partial charge < -0.3 is 11.1 Å². The highest BCUT2D eigenvalue weighted by Crippen LogP contribution is 1.99. The summed E-state index contributed by atoms with van der Waals surface area (Å²) in [7, 11) is 0. The van der Waals surface area contributed by atoms with Crippen LogP contribution >= 0.6 is 11.6 Å². The van der Waals surface area contributed by atoms with Crippen molar-refractivity contribution in [3.05, 3.63) is 11.6 Å². The van der Waals surface area contributed by atoms with Gasteiger partial charge in [-0.1, -0.05) is 32.0 Å². The average Bonchev–Trinajstić information content (AvgIpc) is 1.98. The van der Waals surface area contributed by atoms with Crippen molar-refractivity contribution in [3.8, 4) is 0 Å². The molecule has 1 atom stereocenters. The molecule has 4 heteroatoms. The Morgan fingerprint density at radius 1 is 1.67 bits per heavy atom. The second kappa shape index (κ2) is 5.17. The minimum absolute atomic E-state index is 0.133. The van der Waals surface area contributed by atoms with E-state index < -0.39 is 6.04 Å². The SMILES string of the molecule is C=C(Cl)CNC(=O)[C@@H](N)C(C)C. The van der Waals surface area contributed by atoms with E-state index in [1.54, 1.807) is 0 Å². The summed E-state index contributed by atoms with van der Waals surface area (Å²) in [4.78, 5) is 11.2. The van der Waals surface area contributed by atoms with E-state index in [4.69, 9.17) is 17.3 Å². The molecular weight excluding hydrogens is 176 g/mol. The lowest BCUT2D eigenvalue weighted by Crippen LogP contribution is -2.44. The lowest BCUT2D eigenvalue weighted by molar-refractivity contribution is -0.123. The summed E-state index contributed by atoms with van der Waals surface area (Å²) in [6.07, 6.45) is 0. The Morgan fingerprint density at radius 2 is 2.17 bits per heavy atom. The largest absolute Gasteiger partial charge is 0.350 e. The molecule has 0 aromatic rings. The summed E-state index contributed by atoms with van der Waals surface area (Å²) in [6.45, 7) is 7.50. The van der Waals surface area contributed by atoms with Crippen LogP contribution in [0.3, 0.4) is 0 Å². The fourth-order valence-electron chi connectivity index (χ4n) is 0.604. The molecule has 0 saturated heterocycles. The first-order valence-corrected chi connectivity index (χ1v) is 4.19. The van der Waals surface area contributed by atoms with Crippen LogP contribution in [0.4, 0.5) is 0 Å². The molecular formula is C8H15ClN2O. The minimum Gasteiger partial charge on any atom is -0.350 e. The fourth-order valence-corrected chi connectivity index (χ4v) is 0.670. The number of carbonyl (C=O) groups is 1. The van der Waals surface area contributed by atoms with Gasteiger partial charge in [0.25, 0.3) is 0 Å². The highest BCUT2D eigenvalue weighted by molar-refractivity contribution is 6.29. The maximum absolute atomic E-state index is 11.2. The summed E-state index contributed by atoms with van der Waals surface area (Å²) in [5.74, 6) is -0.0552. The highest BCUT2D eigenvalue weighted by Gasteiger charge is 2.16. The van der Waals surface area contributed by atoms with Gasteiger partial charge in [-0.05, 0) is 5.92 Å². The zero-order chi connectivity index (χ0) is 9.72. The Balaban J connectivity index is 3.80. The van der Waals surface area contributed by atoms with Gasteiger partial charge in [-0.3, -0.25) is 4.79 Å². The van der Waals surface area contributed by atoms with Crippen LogP contribution in [-0.2, 0) is 4.79 Å². The van der Waals surface area contributed by atoms with Gasteiger partial charge >= 0.3 is 0 Å². The van der Waals surface area contributed by atoms with E-state index in [2.05, 4.69) is 11.9 Å². The number of carbonyl (C=O) groups excluding carboxylic acids is 1. The number of nitrogens with two attached hydrogens (primary N) is 1. The lowest BCUT2D eigenvalue weighted by atomic mass is 10.1. The van der Waals surface area contributed by atoms with Crippen molar-refractivity contribution in [3.63, 3.8) is 0 Å². The molecule has 0 rings (SSSR count). The molecule has 0 aliphatic heterocycles. The molecule has 0 unspecified atom stereocenters. The van der Waals surface area contributed by atoms with E-state index in [-0.39, 0.29) is 18.4 Å². The van der Waals surface area contributed by atoms with Gasteiger partial charge in [0, 0.05) is 5.03 Å². The van der Waals surface area contributed by atoms with Crippen LogP contribution in [0.15, 0.2) is 11.6 Å². The summed E-state index contributed by atoms with van der Waals surface area (Å²) < 4.78 is 0. The van der Waals surface area contributed by atoms with Gasteiger partial charge in [0.1, 0.15) is 0 Å². The molecule has 3 N–H and O–H groups in total. The quantitative estimate of drug-likeness (QED) is 0.691. The molecule has 0 radical (unpaired) electrons. The minimum atomic E-state index is -0.471. The molecule has 0 saturated carbocycles. The first kappa shape index (κ1) is 11.5. The fraction of sp³-hybridized carbons (Fsp3) is 0.625. The predicted molar refractivity (Wildman–Crippen MR) is 50.8 cm³/mol. The number of halogens is 1. The Hall–Kier alpha value is -0.540. The Morgan fingerprint density at radius 3 is 2.50 bits per heavy atom. The van der Waals surface area contributed by atoms with Gasteiger partial charge in [0.05, 0.1) is 12.6 Å². The summed E-state index contributed by atoms with van der Waals surface area (Å²) >= 11 is 5.46. The van der Waals surface area contributed by atoms with Crippen LogP contribution in [0.25, 0.3) is 0 Å². The molecule has 12 heavy (non-hydrogen) atoms. The summed E-state index contributed by atoms with van der Waals surface area (Å²) in [5.41, 5.74) is 5.56. The van der Waals surface area contributed by atoms with E-state index in [1.807, 2.05) is 13.8 Å². The second-order valence-electron chi connectivity index (χ2n) is 3.00. The van der Waals surface area contributed by atoms with E-state index >= 15 is 0 Å². The third-order valence-corrected chi connectivity index (χ3v) is 1.61. The molecule has 0 aromatic carbocycles. The normalized spacial score (nSPS) is 12.8. The molecule has 3 nitrogen and oxygen atoms in total. The monoisotopic (exact) mass is 190 g/mol. The van der Waals surface area contributed by atoms with Crippen LogP contribution in [0.2, 0.25) is 0 Å². The first-order chi connectivity index (χ1) is 5.45. The van der Waals surface area contributed by atoms with E-state index in [9.17, 15) is 4.79 Å². The number of amides is 1. The van der Waals surface area contributed by atoms with Gasteiger partial charge in [-0.15, -0.1) is 0 Å². The molecule has 70 valence electrons. The maximum Gasteiger partial charge on any atom is 0.237 e. The molecule has 0 fully saturated rings. The molecule has 1 amide bonds. The number of nitrogens with one attached hydrogen (secondary N) is 1. The number of rotatable bonds is 4. The van der Waals surface area contributed by atoms with E-state index in [0.717, 1.165) is 0 Å². The van der Waals surface area contributed by atoms with Crippen molar-refractivity contribution < 1.29 is 4.79 Å². The molecule has 0 aliphatic carbocycles. The molecule has 0 spiro atoms. The Labute approximate surface area is 78.0 Å². The van der Waals surface area contributed by atoms with Gasteiger partial charge in [0.15, 0.2) is 0 Å². The lowest BCUT2D eigenvalue weighted by Gasteiger charge is -2.14. The topological polar surface area (TPSA) is 55.1 Å². The van der Waals surface area contributed by atoms with Crippen molar-refractivity contribution in [1.29, 1.82) is 0 Å². The van der Waals surface area contributed by atoms with Crippen molar-refractivity contribution >= 4 is 17.5 Å². The third kappa shape index (κ3) is 4.36. The molecule has 0 aliphatic rings. The highest BCUT2D eigenvalue weighted by atomic mass is 35.5. The number of hydrogen-bond donors (Lipinski definition) is 2. The van der Waals surface area contributed by atoms with Crippen LogP contribution < -0.4 is 11.1 Å². The number of hydrogen-bond acceptors (Lipinski definition) is 2. The standard InChI is InChI=1S/C8H15ClN2O/c1-5(2)7(10)8(12)11-4-6(3)9/h5,7H,3-4,10H2,1-2H3,(H,11,12)/t7-/m0/s1. The van der Waals surface area contributed by atoms with Crippen LogP contribution in [0.5, 0.6) is 0 Å². The zero-order valence-corrected chi connectivity index (χ0v) is 8.19. The van der Waals surface area contributed by atoms with E-state index in [0.29, 0.717) is 5.03 Å². The van der Waals surface area contributed by atoms with Crippen molar-refractivity contribution in [1.82, 2.24) is 5.32 Å². The maximum atomic E-state index is 11.2. The van der Waals surface area contributed by atoms with Crippen LogP contribution in [0.1, 0.15) is 13.8 Å². The molecule has 0 aromatic heterocycles. The van der Waals surface area contributed by atoms with Crippen molar-refractivity contribution in [2.75, 3.05) is 6.54 Å². The second-order valence-corrected chi connectivity index (χ2v) is 3.54. The molecule has 0 heterocycles. The van der Waals surface area contributed by atoms with Gasteiger partial charge in [0.2, 0.25) is 5.91 Å². The van der Waals surface area contributed by atoms with Crippen LogP contribution in [-0.4, -0.2) is 18.5 Å². The van der Waals surface area contributed by atoms with Crippen molar-refractivity contribution in [2.24, 2.45) is 11.7 Å². The van der Waals surface area contributed by atoms with Gasteiger partial charge in [-0.25, -0.2) is 0 Å².